The van der Waals surface area contributed by atoms with Gasteiger partial charge in [0.15, 0.2) is 5.78 Å². The molecule has 1 nitrogen and oxygen atoms in total. The van der Waals surface area contributed by atoms with Crippen LogP contribution in [0, 0.1) is 0 Å². The summed E-state index contributed by atoms with van der Waals surface area (Å²) in [4.78, 5) is 11.3. The highest BCUT2D eigenvalue weighted by Crippen LogP contribution is 2.23. The molecular formula is C12H12O. The van der Waals surface area contributed by atoms with Crippen LogP contribution in [0.2, 0.25) is 0 Å². The van der Waals surface area contributed by atoms with Crippen molar-refractivity contribution in [2.24, 2.45) is 0 Å². The van der Waals surface area contributed by atoms with Crippen molar-refractivity contribution in [3.63, 3.8) is 0 Å². The molecule has 1 aliphatic rings. The Morgan fingerprint density at radius 3 is 3.00 bits per heavy atom. The molecule has 0 radical (unpaired) electrons. The average molecular weight is 172 g/mol. The van der Waals surface area contributed by atoms with E-state index >= 15 is 0 Å². The zero-order valence-electron chi connectivity index (χ0n) is 7.55. The van der Waals surface area contributed by atoms with Crippen molar-refractivity contribution < 1.29 is 4.79 Å². The number of hydrogen-bond donors (Lipinski definition) is 0. The summed E-state index contributed by atoms with van der Waals surface area (Å²) in [5, 5.41) is 0. The number of benzene rings is 1. The highest BCUT2D eigenvalue weighted by molar-refractivity contribution is 6.00. The van der Waals surface area contributed by atoms with Crippen LogP contribution in [-0.2, 0) is 12.8 Å². The number of allylic oxidation sites excluding steroid dienone is 1. The van der Waals surface area contributed by atoms with E-state index in [9.17, 15) is 4.79 Å². The van der Waals surface area contributed by atoms with Gasteiger partial charge in [-0.3, -0.25) is 4.79 Å². The molecule has 0 atom stereocenters. The van der Waals surface area contributed by atoms with Crippen LogP contribution in [0.15, 0.2) is 30.9 Å². The van der Waals surface area contributed by atoms with E-state index in [1.165, 1.54) is 11.1 Å². The van der Waals surface area contributed by atoms with Gasteiger partial charge in [0.2, 0.25) is 0 Å². The van der Waals surface area contributed by atoms with E-state index in [1.54, 1.807) is 0 Å². The van der Waals surface area contributed by atoms with Gasteiger partial charge in [0.05, 0.1) is 0 Å². The molecule has 0 aliphatic heterocycles. The number of carbonyl (C=O) groups excluding carboxylic acids is 1. The smallest absolute Gasteiger partial charge is 0.163 e. The number of rotatable bonds is 2. The van der Waals surface area contributed by atoms with Gasteiger partial charge in [-0.2, -0.15) is 0 Å². The lowest BCUT2D eigenvalue weighted by Crippen LogP contribution is -1.91. The van der Waals surface area contributed by atoms with Gasteiger partial charge >= 0.3 is 0 Å². The molecule has 0 aromatic heterocycles. The molecular weight excluding hydrogens is 160 g/mol. The van der Waals surface area contributed by atoms with Crippen LogP contribution in [0.4, 0.5) is 0 Å². The molecule has 1 aromatic carbocycles. The molecule has 0 heterocycles. The van der Waals surface area contributed by atoms with Crippen molar-refractivity contribution in [2.45, 2.75) is 19.3 Å². The van der Waals surface area contributed by atoms with Gasteiger partial charge in [-0.25, -0.2) is 0 Å². The van der Waals surface area contributed by atoms with Crippen molar-refractivity contribution >= 4 is 5.78 Å². The van der Waals surface area contributed by atoms with Gasteiger partial charge < -0.3 is 0 Å². The number of carbonyl (C=O) groups is 1. The van der Waals surface area contributed by atoms with Crippen LogP contribution >= 0.6 is 0 Å². The average Bonchev–Trinajstić information content (AvgIpc) is 2.48. The number of hydrogen-bond acceptors (Lipinski definition) is 1. The second-order valence-corrected chi connectivity index (χ2v) is 3.41. The Balaban J connectivity index is 2.39. The maximum absolute atomic E-state index is 11.3. The standard InChI is InChI=1S/C12H12O/c1-2-3-9-4-6-11-10(8-9)5-7-12(11)13/h2,4,6,8H,1,3,5,7H2. The minimum Gasteiger partial charge on any atom is -0.294 e. The lowest BCUT2D eigenvalue weighted by molar-refractivity contribution is 0.0994. The normalized spacial score (nSPS) is 14.3. The Bertz CT molecular complexity index is 363. The van der Waals surface area contributed by atoms with Gasteiger partial charge in [0.25, 0.3) is 0 Å². The second-order valence-electron chi connectivity index (χ2n) is 3.41. The number of ketones is 1. The minimum absolute atomic E-state index is 0.292. The first-order valence-electron chi connectivity index (χ1n) is 4.57. The van der Waals surface area contributed by atoms with Crippen LogP contribution in [0.1, 0.15) is 27.9 Å². The molecule has 0 unspecified atom stereocenters. The first-order chi connectivity index (χ1) is 6.31. The van der Waals surface area contributed by atoms with Gasteiger partial charge in [-0.15, -0.1) is 6.58 Å². The van der Waals surface area contributed by atoms with Crippen LogP contribution in [0.25, 0.3) is 0 Å². The first kappa shape index (κ1) is 8.24. The van der Waals surface area contributed by atoms with Gasteiger partial charge in [0.1, 0.15) is 0 Å². The van der Waals surface area contributed by atoms with Crippen LogP contribution in [-0.4, -0.2) is 5.78 Å². The molecule has 13 heavy (non-hydrogen) atoms. The summed E-state index contributed by atoms with van der Waals surface area (Å²) < 4.78 is 0. The molecule has 0 bridgehead atoms. The van der Waals surface area contributed by atoms with E-state index in [0.717, 1.165) is 18.4 Å². The highest BCUT2D eigenvalue weighted by atomic mass is 16.1. The number of aryl methyl sites for hydroxylation is 1. The zero-order valence-corrected chi connectivity index (χ0v) is 7.55. The van der Waals surface area contributed by atoms with Gasteiger partial charge in [-0.05, 0) is 24.0 Å². The molecule has 0 saturated heterocycles. The maximum atomic E-state index is 11.3. The van der Waals surface area contributed by atoms with E-state index in [4.69, 9.17) is 0 Å². The van der Waals surface area contributed by atoms with Crippen molar-refractivity contribution in [1.29, 1.82) is 0 Å². The summed E-state index contributed by atoms with van der Waals surface area (Å²) in [6.07, 6.45) is 4.38. The molecule has 0 N–H and O–H groups in total. The summed E-state index contributed by atoms with van der Waals surface area (Å²) in [7, 11) is 0. The topological polar surface area (TPSA) is 17.1 Å². The third-order valence-electron chi connectivity index (χ3n) is 2.47. The van der Waals surface area contributed by atoms with Crippen molar-refractivity contribution in [2.75, 3.05) is 0 Å². The summed E-state index contributed by atoms with van der Waals surface area (Å²) in [5.74, 6) is 0.292. The Morgan fingerprint density at radius 2 is 2.23 bits per heavy atom. The molecule has 1 aliphatic carbocycles. The fraction of sp³-hybridized carbons (Fsp3) is 0.250. The summed E-state index contributed by atoms with van der Waals surface area (Å²) in [6, 6.07) is 6.09. The van der Waals surface area contributed by atoms with E-state index < -0.39 is 0 Å². The summed E-state index contributed by atoms with van der Waals surface area (Å²) in [6.45, 7) is 3.70. The largest absolute Gasteiger partial charge is 0.294 e. The third-order valence-corrected chi connectivity index (χ3v) is 2.47. The van der Waals surface area contributed by atoms with Gasteiger partial charge in [0, 0.05) is 12.0 Å². The van der Waals surface area contributed by atoms with Gasteiger partial charge in [-0.1, -0.05) is 24.3 Å². The minimum atomic E-state index is 0.292. The number of fused-ring (bicyclic) bond motifs is 1. The maximum Gasteiger partial charge on any atom is 0.163 e. The summed E-state index contributed by atoms with van der Waals surface area (Å²) >= 11 is 0. The summed E-state index contributed by atoms with van der Waals surface area (Å²) in [5.41, 5.74) is 3.39. The van der Waals surface area contributed by atoms with E-state index in [-0.39, 0.29) is 0 Å². The Labute approximate surface area is 78.1 Å². The Hall–Kier alpha value is -1.37. The zero-order chi connectivity index (χ0) is 9.26. The molecule has 0 saturated carbocycles. The van der Waals surface area contributed by atoms with Crippen molar-refractivity contribution in [3.05, 3.63) is 47.5 Å². The van der Waals surface area contributed by atoms with Crippen LogP contribution in [0.5, 0.6) is 0 Å². The SMILES string of the molecule is C=CCc1ccc2c(c1)CCC2=O. The van der Waals surface area contributed by atoms with E-state index in [1.807, 2.05) is 18.2 Å². The molecule has 1 heteroatoms. The van der Waals surface area contributed by atoms with E-state index in [0.29, 0.717) is 12.2 Å². The fourth-order valence-electron chi connectivity index (χ4n) is 1.80. The first-order valence-corrected chi connectivity index (χ1v) is 4.57. The Morgan fingerprint density at radius 1 is 1.38 bits per heavy atom. The third kappa shape index (κ3) is 1.42. The lowest BCUT2D eigenvalue weighted by Gasteiger charge is -2.00. The van der Waals surface area contributed by atoms with Crippen molar-refractivity contribution in [1.82, 2.24) is 0 Å². The molecule has 1 aromatic rings. The number of Topliss-reactive ketones (excluding diaryl/α,β-unsaturated/α-hetero) is 1. The Kier molecular flexibility index (Phi) is 2.01. The molecule has 0 amide bonds. The molecule has 0 fully saturated rings. The van der Waals surface area contributed by atoms with Crippen molar-refractivity contribution in [3.8, 4) is 0 Å². The predicted octanol–water partition coefficient (Wildman–Crippen LogP) is 2.54. The lowest BCUT2D eigenvalue weighted by atomic mass is 10.0. The fourth-order valence-corrected chi connectivity index (χ4v) is 1.80. The van der Waals surface area contributed by atoms with Crippen LogP contribution in [0.3, 0.4) is 0 Å². The van der Waals surface area contributed by atoms with E-state index in [2.05, 4.69) is 12.6 Å². The van der Waals surface area contributed by atoms with Crippen LogP contribution < -0.4 is 0 Å². The monoisotopic (exact) mass is 172 g/mol. The highest BCUT2D eigenvalue weighted by Gasteiger charge is 2.18. The predicted molar refractivity (Wildman–Crippen MR) is 53.0 cm³/mol. The second kappa shape index (κ2) is 3.17. The molecule has 66 valence electrons. The molecule has 2 rings (SSSR count). The quantitative estimate of drug-likeness (QED) is 0.626. The molecule has 0 spiro atoms.